The molecule has 0 amide bonds. The molecule has 3 N–H and O–H groups in total. The maximum absolute atomic E-state index is 10.4. The molecule has 0 saturated carbocycles. The molecule has 2 rings (SSSR count). The molecule has 0 aliphatic rings. The number of aliphatic hydroxyl groups excluding tert-OH is 3. The summed E-state index contributed by atoms with van der Waals surface area (Å²) in [5.41, 5.74) is 4.64. The van der Waals surface area contributed by atoms with Crippen molar-refractivity contribution in [2.75, 3.05) is 13.2 Å². The molecule has 1 unspecified atom stereocenters. The summed E-state index contributed by atoms with van der Waals surface area (Å²) >= 11 is 0. The second-order valence-electron chi connectivity index (χ2n) is 10.0. The van der Waals surface area contributed by atoms with Crippen molar-refractivity contribution >= 4 is 0 Å². The van der Waals surface area contributed by atoms with Gasteiger partial charge in [-0.1, -0.05) is 71.0 Å². The Balaban J connectivity index is 2.23. The zero-order chi connectivity index (χ0) is 23.9. The summed E-state index contributed by atoms with van der Waals surface area (Å²) < 4.78 is 5.69. The number of rotatable bonds is 11. The molecular formula is C28H42O4. The number of hydrogen-bond donors (Lipinski definition) is 3. The van der Waals surface area contributed by atoms with Crippen molar-refractivity contribution in [1.82, 2.24) is 0 Å². The highest BCUT2D eigenvalue weighted by Gasteiger charge is 2.31. The van der Waals surface area contributed by atoms with Crippen molar-refractivity contribution in [1.29, 1.82) is 0 Å². The summed E-state index contributed by atoms with van der Waals surface area (Å²) in [5, 5.41) is 28.9. The molecule has 0 bridgehead atoms. The van der Waals surface area contributed by atoms with Gasteiger partial charge in [0.25, 0.3) is 0 Å². The second-order valence-corrected chi connectivity index (χ2v) is 10.0. The Labute approximate surface area is 194 Å². The van der Waals surface area contributed by atoms with Gasteiger partial charge in [0.1, 0.15) is 18.5 Å². The van der Waals surface area contributed by atoms with E-state index >= 15 is 0 Å². The molecule has 0 aromatic heterocycles. The zero-order valence-corrected chi connectivity index (χ0v) is 20.7. The lowest BCUT2D eigenvalue weighted by molar-refractivity contribution is 0.0534. The van der Waals surface area contributed by atoms with Gasteiger partial charge in [-0.25, -0.2) is 0 Å². The Bertz CT molecular complexity index is 832. The number of aryl methyl sites for hydroxylation is 2. The average molecular weight is 443 g/mol. The summed E-state index contributed by atoms with van der Waals surface area (Å²) in [7, 11) is 0. The lowest BCUT2D eigenvalue weighted by Crippen LogP contribution is -2.27. The molecule has 0 aliphatic heterocycles. The van der Waals surface area contributed by atoms with E-state index in [-0.39, 0.29) is 30.1 Å². The van der Waals surface area contributed by atoms with Crippen molar-refractivity contribution in [3.05, 3.63) is 64.7 Å². The summed E-state index contributed by atoms with van der Waals surface area (Å²) in [6.07, 6.45) is 2.41. The minimum absolute atomic E-state index is 0.0781. The van der Waals surface area contributed by atoms with E-state index in [1.165, 1.54) is 16.7 Å². The largest absolute Gasteiger partial charge is 0.491 e. The molecule has 2 aromatic rings. The normalized spacial score (nSPS) is 14.3. The molecule has 4 heteroatoms. The number of aliphatic hydroxyl groups is 3. The number of ether oxygens (including phenoxy) is 1. The van der Waals surface area contributed by atoms with Crippen LogP contribution in [0.25, 0.3) is 0 Å². The highest BCUT2D eigenvalue weighted by molar-refractivity contribution is 5.45. The predicted octanol–water partition coefficient (Wildman–Crippen LogP) is 5.17. The van der Waals surface area contributed by atoms with Gasteiger partial charge in [0.2, 0.25) is 0 Å². The fraction of sp³-hybridized carbons (Fsp3) is 0.571. The van der Waals surface area contributed by atoms with Gasteiger partial charge in [-0.05, 0) is 66.3 Å². The zero-order valence-electron chi connectivity index (χ0n) is 20.7. The number of benzene rings is 2. The van der Waals surface area contributed by atoms with Gasteiger partial charge in [0, 0.05) is 5.41 Å². The third-order valence-electron chi connectivity index (χ3n) is 6.79. The minimum Gasteiger partial charge on any atom is -0.491 e. The molecule has 0 saturated heterocycles. The van der Waals surface area contributed by atoms with E-state index in [4.69, 9.17) is 9.84 Å². The summed E-state index contributed by atoms with van der Waals surface area (Å²) in [5.74, 6) is 0.732. The van der Waals surface area contributed by atoms with Gasteiger partial charge in [0.15, 0.2) is 0 Å². The van der Waals surface area contributed by atoms with Crippen LogP contribution in [0.3, 0.4) is 0 Å². The summed E-state index contributed by atoms with van der Waals surface area (Å²) in [4.78, 5) is 0. The smallest absolute Gasteiger partial charge is 0.122 e. The third kappa shape index (κ3) is 6.34. The predicted molar refractivity (Wildman–Crippen MR) is 131 cm³/mol. The SMILES string of the molecule is CCC(CC)(c1ccc(CCC(O)C(C)(C)C)cc1)c1ccc(OC[C@@H](O)CO)c(C)c1. The van der Waals surface area contributed by atoms with E-state index in [2.05, 4.69) is 71.0 Å². The first-order valence-corrected chi connectivity index (χ1v) is 11.9. The summed E-state index contributed by atoms with van der Waals surface area (Å²) in [6, 6.07) is 15.1. The van der Waals surface area contributed by atoms with Gasteiger partial charge < -0.3 is 20.1 Å². The molecule has 0 spiro atoms. The Morgan fingerprint density at radius 3 is 2.00 bits per heavy atom. The Hall–Kier alpha value is -1.88. The quantitative estimate of drug-likeness (QED) is 0.449. The molecule has 2 aromatic carbocycles. The maximum Gasteiger partial charge on any atom is 0.122 e. The number of hydrogen-bond acceptors (Lipinski definition) is 4. The van der Waals surface area contributed by atoms with Crippen LogP contribution in [0.5, 0.6) is 5.75 Å². The van der Waals surface area contributed by atoms with Crippen molar-refractivity contribution in [2.45, 2.75) is 84.8 Å². The minimum atomic E-state index is -0.873. The van der Waals surface area contributed by atoms with Crippen LogP contribution in [0.2, 0.25) is 0 Å². The highest BCUT2D eigenvalue weighted by Crippen LogP contribution is 2.40. The van der Waals surface area contributed by atoms with Gasteiger partial charge in [0.05, 0.1) is 12.7 Å². The van der Waals surface area contributed by atoms with Gasteiger partial charge in [-0.3, -0.25) is 0 Å². The van der Waals surface area contributed by atoms with Crippen LogP contribution in [0.4, 0.5) is 0 Å². The van der Waals surface area contributed by atoms with E-state index in [1.54, 1.807) is 0 Å². The van der Waals surface area contributed by atoms with Gasteiger partial charge in [-0.15, -0.1) is 0 Å². The molecule has 178 valence electrons. The van der Waals surface area contributed by atoms with Gasteiger partial charge >= 0.3 is 0 Å². The molecule has 0 heterocycles. The maximum atomic E-state index is 10.4. The molecule has 0 radical (unpaired) electrons. The first kappa shape index (κ1) is 26.4. The Kier molecular flexibility index (Phi) is 9.32. The standard InChI is InChI=1S/C28H42O4/c1-7-28(8-2,23-14-15-25(20(3)17-23)32-19-24(30)18-29)22-12-9-21(10-13-22)11-16-26(31)27(4,5)6/h9-10,12-15,17,24,26,29-31H,7-8,11,16,18-19H2,1-6H3/t24-,26?/m0/s1. The average Bonchev–Trinajstić information content (AvgIpc) is 2.77. The van der Waals surface area contributed by atoms with Crippen molar-refractivity contribution in [3.8, 4) is 5.75 Å². The van der Waals surface area contributed by atoms with E-state index in [0.717, 1.165) is 37.0 Å². The monoisotopic (exact) mass is 442 g/mol. The molecular weight excluding hydrogens is 400 g/mol. The van der Waals surface area contributed by atoms with Crippen molar-refractivity contribution < 1.29 is 20.1 Å². The molecule has 0 fully saturated rings. The second kappa shape index (κ2) is 11.3. The van der Waals surface area contributed by atoms with Crippen LogP contribution in [0.15, 0.2) is 42.5 Å². The topological polar surface area (TPSA) is 69.9 Å². The molecule has 4 nitrogen and oxygen atoms in total. The van der Waals surface area contributed by atoms with Crippen molar-refractivity contribution in [2.24, 2.45) is 5.41 Å². The van der Waals surface area contributed by atoms with E-state index in [1.807, 2.05) is 13.0 Å². The first-order chi connectivity index (χ1) is 15.1. The fourth-order valence-electron chi connectivity index (χ4n) is 4.31. The van der Waals surface area contributed by atoms with Crippen LogP contribution in [-0.2, 0) is 11.8 Å². The van der Waals surface area contributed by atoms with E-state index in [0.29, 0.717) is 0 Å². The van der Waals surface area contributed by atoms with Gasteiger partial charge in [-0.2, -0.15) is 0 Å². The lowest BCUT2D eigenvalue weighted by Gasteiger charge is -2.34. The van der Waals surface area contributed by atoms with Crippen LogP contribution in [0, 0.1) is 12.3 Å². The molecule has 0 aliphatic carbocycles. The first-order valence-electron chi connectivity index (χ1n) is 11.9. The lowest BCUT2D eigenvalue weighted by atomic mass is 9.70. The third-order valence-corrected chi connectivity index (χ3v) is 6.79. The summed E-state index contributed by atoms with van der Waals surface area (Å²) in [6.45, 7) is 12.5. The van der Waals surface area contributed by atoms with Crippen LogP contribution >= 0.6 is 0 Å². The van der Waals surface area contributed by atoms with Crippen LogP contribution < -0.4 is 4.74 Å². The van der Waals surface area contributed by atoms with E-state index in [9.17, 15) is 10.2 Å². The molecule has 2 atom stereocenters. The van der Waals surface area contributed by atoms with E-state index < -0.39 is 6.10 Å². The van der Waals surface area contributed by atoms with Crippen LogP contribution in [-0.4, -0.2) is 40.7 Å². The van der Waals surface area contributed by atoms with Crippen LogP contribution in [0.1, 0.15) is 76.1 Å². The highest BCUT2D eigenvalue weighted by atomic mass is 16.5. The Morgan fingerprint density at radius 2 is 1.50 bits per heavy atom. The fourth-order valence-corrected chi connectivity index (χ4v) is 4.31. The Morgan fingerprint density at radius 1 is 0.906 bits per heavy atom. The van der Waals surface area contributed by atoms with Crippen molar-refractivity contribution in [3.63, 3.8) is 0 Å². The molecule has 32 heavy (non-hydrogen) atoms.